The minimum Gasteiger partial charge on any atom is -0.464 e. The van der Waals surface area contributed by atoms with Crippen molar-refractivity contribution in [3.8, 4) is 11.1 Å². The molecule has 2 amide bonds. The Morgan fingerprint density at radius 3 is 2.05 bits per heavy atom. The molecule has 0 saturated heterocycles. The van der Waals surface area contributed by atoms with E-state index in [1.165, 1.54) is 12.1 Å². The second-order valence-electron chi connectivity index (χ2n) is 10.5. The van der Waals surface area contributed by atoms with Crippen LogP contribution in [-0.4, -0.2) is 71.8 Å². The van der Waals surface area contributed by atoms with Gasteiger partial charge in [-0.2, -0.15) is 0 Å². The lowest BCUT2D eigenvalue weighted by Gasteiger charge is -2.32. The van der Waals surface area contributed by atoms with Crippen molar-refractivity contribution in [2.75, 3.05) is 25.6 Å². The van der Waals surface area contributed by atoms with Gasteiger partial charge in [-0.3, -0.25) is 14.4 Å². The number of aliphatic hydroxyl groups excluding tert-OH is 1. The number of esters is 1. The van der Waals surface area contributed by atoms with Gasteiger partial charge >= 0.3 is 12.1 Å². The number of amides is 2. The number of carbonyl (C=O) groups excluding carboxylic acids is 5. The van der Waals surface area contributed by atoms with Crippen molar-refractivity contribution < 1.29 is 38.6 Å². The van der Waals surface area contributed by atoms with Crippen LogP contribution in [0.3, 0.4) is 0 Å². The summed E-state index contributed by atoms with van der Waals surface area (Å²) in [5, 5.41) is 15.0. The predicted octanol–water partition coefficient (Wildman–Crippen LogP) is 3.38. The third kappa shape index (κ3) is 4.78. The van der Waals surface area contributed by atoms with Crippen LogP contribution in [0.4, 0.5) is 4.79 Å². The number of hydrogen-bond donors (Lipinski definition) is 3. The Morgan fingerprint density at radius 1 is 0.886 bits per heavy atom. The zero-order valence-corrected chi connectivity index (χ0v) is 24.4. The molecule has 44 heavy (non-hydrogen) atoms. The Balaban J connectivity index is 1.20. The molecule has 1 heterocycles. The quantitative estimate of drug-likeness (QED) is 0.326. The molecule has 0 saturated carbocycles. The number of thioether (sulfide) groups is 1. The van der Waals surface area contributed by atoms with E-state index < -0.39 is 47.7 Å². The highest BCUT2D eigenvalue weighted by Gasteiger charge is 2.56. The molecule has 3 aromatic rings. The van der Waals surface area contributed by atoms with Crippen LogP contribution in [0.2, 0.25) is 0 Å². The van der Waals surface area contributed by atoms with Crippen molar-refractivity contribution in [2.24, 2.45) is 0 Å². The van der Waals surface area contributed by atoms with E-state index in [9.17, 15) is 29.1 Å². The summed E-state index contributed by atoms with van der Waals surface area (Å²) in [6.07, 6.45) is -0.954. The van der Waals surface area contributed by atoms with Crippen LogP contribution >= 0.6 is 11.8 Å². The first-order valence-electron chi connectivity index (χ1n) is 14.1. The highest BCUT2D eigenvalue weighted by molar-refractivity contribution is 8.04. The Bertz CT molecular complexity index is 1710. The number of carbonyl (C=O) groups is 5. The number of ether oxygens (including phenoxy) is 2. The van der Waals surface area contributed by atoms with Crippen molar-refractivity contribution in [1.82, 2.24) is 10.6 Å². The monoisotopic (exact) mass is 612 g/mol. The molecule has 224 valence electrons. The largest absolute Gasteiger partial charge is 0.464 e. The normalized spacial score (nSPS) is 19.0. The highest BCUT2D eigenvalue weighted by atomic mass is 32.2. The van der Waals surface area contributed by atoms with Crippen LogP contribution in [0.15, 0.2) is 83.3 Å². The standard InChI is InChI=1S/C33H28N2O8S/c1-2-42-31(40)33(17-44-29-26(33)27(37)22-13-7-8-14-23(22)28(29)38)35-30(39)25(15-36)34-32(41)43-16-24-20-11-5-3-9-18(20)19-10-4-6-12-21(19)24/h3-14,24-25,36H,2,15-17H2,1H3,(H,34,41)(H,35,39)/t25-,33?/m0/s1. The van der Waals surface area contributed by atoms with Gasteiger partial charge in [0.2, 0.25) is 11.7 Å². The lowest BCUT2D eigenvalue weighted by atomic mass is 9.79. The number of alkyl carbamates (subject to hydrolysis) is 1. The number of rotatable bonds is 8. The maximum absolute atomic E-state index is 13.6. The fraction of sp³-hybridized carbons (Fsp3) is 0.242. The van der Waals surface area contributed by atoms with Crippen LogP contribution in [0.1, 0.15) is 44.7 Å². The third-order valence-corrected chi connectivity index (χ3v) is 9.29. The molecule has 6 rings (SSSR count). The summed E-state index contributed by atoms with van der Waals surface area (Å²) >= 11 is 0.968. The van der Waals surface area contributed by atoms with E-state index in [4.69, 9.17) is 9.47 Å². The molecule has 1 aliphatic heterocycles. The Morgan fingerprint density at radius 2 is 1.45 bits per heavy atom. The maximum Gasteiger partial charge on any atom is 0.407 e. The fourth-order valence-corrected chi connectivity index (χ4v) is 7.32. The molecule has 0 bridgehead atoms. The van der Waals surface area contributed by atoms with Gasteiger partial charge in [-0.05, 0) is 29.2 Å². The summed E-state index contributed by atoms with van der Waals surface area (Å²) < 4.78 is 10.8. The smallest absolute Gasteiger partial charge is 0.407 e. The second-order valence-corrected chi connectivity index (χ2v) is 11.5. The van der Waals surface area contributed by atoms with E-state index in [2.05, 4.69) is 10.6 Å². The zero-order valence-electron chi connectivity index (χ0n) is 23.6. The molecule has 2 aliphatic carbocycles. The van der Waals surface area contributed by atoms with Gasteiger partial charge in [0, 0.05) is 22.8 Å². The van der Waals surface area contributed by atoms with Crippen molar-refractivity contribution in [3.63, 3.8) is 0 Å². The predicted molar refractivity (Wildman–Crippen MR) is 161 cm³/mol. The molecular formula is C33H28N2O8S. The highest BCUT2D eigenvalue weighted by Crippen LogP contribution is 2.46. The van der Waals surface area contributed by atoms with E-state index in [-0.39, 0.29) is 46.5 Å². The molecule has 3 aromatic carbocycles. The van der Waals surface area contributed by atoms with E-state index in [1.54, 1.807) is 19.1 Å². The number of nitrogens with one attached hydrogen (secondary N) is 2. The number of fused-ring (bicyclic) bond motifs is 4. The molecule has 3 aliphatic rings. The molecule has 3 N–H and O–H groups in total. The summed E-state index contributed by atoms with van der Waals surface area (Å²) in [6.45, 7) is 0.673. The van der Waals surface area contributed by atoms with E-state index in [0.717, 1.165) is 34.0 Å². The van der Waals surface area contributed by atoms with Gasteiger partial charge in [0.15, 0.2) is 11.3 Å². The van der Waals surface area contributed by atoms with Crippen LogP contribution in [0, 0.1) is 0 Å². The SMILES string of the molecule is CCOC(=O)C1(NC(=O)[C@H](CO)NC(=O)OCC2c3ccccc3-c3ccccc32)CSC2=C1C(=O)c1ccccc1C2=O. The molecule has 1 unspecified atom stereocenters. The molecule has 0 spiro atoms. The topological polar surface area (TPSA) is 148 Å². The number of benzene rings is 3. The Labute approximate surface area is 256 Å². The molecule has 11 heteroatoms. The number of allylic oxidation sites excluding steroid dienone is 1. The summed E-state index contributed by atoms with van der Waals surface area (Å²) in [6, 6.07) is 20.4. The zero-order chi connectivity index (χ0) is 31.0. The van der Waals surface area contributed by atoms with Gasteiger partial charge in [0.1, 0.15) is 12.6 Å². The number of Topliss-reactive ketones (excluding diaryl/α,β-unsaturated/α-hetero) is 2. The minimum absolute atomic E-state index is 0.0186. The van der Waals surface area contributed by atoms with Crippen LogP contribution in [0.5, 0.6) is 0 Å². The van der Waals surface area contributed by atoms with E-state index in [0.29, 0.717) is 0 Å². The molecule has 2 atom stereocenters. The molecule has 0 radical (unpaired) electrons. The number of ketones is 2. The fourth-order valence-electron chi connectivity index (χ4n) is 5.97. The Hall–Kier alpha value is -4.74. The minimum atomic E-state index is -2.01. The maximum atomic E-state index is 13.6. The third-order valence-electron chi connectivity index (χ3n) is 8.03. The summed E-state index contributed by atoms with van der Waals surface area (Å²) in [7, 11) is 0. The number of aliphatic hydroxyl groups is 1. The van der Waals surface area contributed by atoms with Crippen molar-refractivity contribution in [3.05, 3.63) is 106 Å². The lowest BCUT2D eigenvalue weighted by Crippen LogP contribution is -2.63. The molecular weight excluding hydrogens is 584 g/mol. The van der Waals surface area contributed by atoms with E-state index >= 15 is 0 Å². The summed E-state index contributed by atoms with van der Waals surface area (Å²) in [5.41, 5.74) is 2.23. The first kappa shape index (κ1) is 29.3. The van der Waals surface area contributed by atoms with Crippen LogP contribution in [0.25, 0.3) is 11.1 Å². The first-order chi connectivity index (χ1) is 21.3. The molecule has 10 nitrogen and oxygen atoms in total. The Kier molecular flexibility index (Phi) is 7.83. The van der Waals surface area contributed by atoms with E-state index in [1.807, 2.05) is 48.5 Å². The lowest BCUT2D eigenvalue weighted by molar-refractivity contribution is -0.150. The molecule has 0 fully saturated rings. The average molecular weight is 613 g/mol. The van der Waals surface area contributed by atoms with Crippen molar-refractivity contribution in [2.45, 2.75) is 24.4 Å². The number of hydrogen-bond acceptors (Lipinski definition) is 9. The van der Waals surface area contributed by atoms with Gasteiger partial charge in [-0.15, -0.1) is 11.8 Å². The van der Waals surface area contributed by atoms with Crippen molar-refractivity contribution >= 4 is 41.3 Å². The first-order valence-corrected chi connectivity index (χ1v) is 15.1. The van der Waals surface area contributed by atoms with Gasteiger partial charge < -0.3 is 25.2 Å². The average Bonchev–Trinajstić information content (AvgIpc) is 3.58. The van der Waals surface area contributed by atoms with Gasteiger partial charge in [0.05, 0.1) is 23.7 Å². The van der Waals surface area contributed by atoms with Gasteiger partial charge in [-0.25, -0.2) is 9.59 Å². The summed E-state index contributed by atoms with van der Waals surface area (Å²) in [4.78, 5) is 66.7. The van der Waals surface area contributed by atoms with Crippen LogP contribution in [-0.2, 0) is 19.1 Å². The molecule has 0 aromatic heterocycles. The second kappa shape index (κ2) is 11.7. The summed E-state index contributed by atoms with van der Waals surface area (Å²) in [5.74, 6) is -3.31. The van der Waals surface area contributed by atoms with Crippen molar-refractivity contribution in [1.29, 1.82) is 0 Å². The van der Waals surface area contributed by atoms with Gasteiger partial charge in [0.25, 0.3) is 0 Å². The van der Waals surface area contributed by atoms with Crippen LogP contribution < -0.4 is 10.6 Å². The van der Waals surface area contributed by atoms with Gasteiger partial charge in [-0.1, -0.05) is 72.8 Å².